The van der Waals surface area contributed by atoms with Crippen molar-refractivity contribution < 1.29 is 14.3 Å². The Bertz CT molecular complexity index is 1730. The van der Waals surface area contributed by atoms with Gasteiger partial charge in [0, 0.05) is 46.3 Å². The van der Waals surface area contributed by atoms with Gasteiger partial charge in [-0.3, -0.25) is 0 Å². The van der Waals surface area contributed by atoms with Gasteiger partial charge in [0.25, 0.3) is 0 Å². The van der Waals surface area contributed by atoms with E-state index in [1.807, 2.05) is 121 Å². The van der Waals surface area contributed by atoms with Gasteiger partial charge >= 0.3 is 11.9 Å². The fourth-order valence-electron chi connectivity index (χ4n) is 5.17. The number of hydrogen-bond acceptors (Lipinski definition) is 5. The SMILES string of the molecule is O=C(C=Cc1ccc(N(c2ccccc2)c2ccccc2)cc1)OC(=O)C=Cc1ccc(N(c2ccccc2)c2ccccc2)cc1. The highest BCUT2D eigenvalue weighted by atomic mass is 16.6. The molecule has 0 aliphatic heterocycles. The maximum absolute atomic E-state index is 12.4. The first-order valence-electron chi connectivity index (χ1n) is 15.3. The number of carbonyl (C=O) groups is 2. The molecule has 6 aromatic carbocycles. The van der Waals surface area contributed by atoms with E-state index in [4.69, 9.17) is 4.74 Å². The Hall–Kier alpha value is -6.46. The fraction of sp³-hybridized carbons (Fsp3) is 0. The number of rotatable bonds is 10. The molecule has 0 bridgehead atoms. The molecule has 0 aliphatic carbocycles. The van der Waals surface area contributed by atoms with Crippen molar-refractivity contribution >= 4 is 58.2 Å². The van der Waals surface area contributed by atoms with Crippen molar-refractivity contribution in [1.82, 2.24) is 0 Å². The van der Waals surface area contributed by atoms with E-state index in [1.165, 1.54) is 12.2 Å². The van der Waals surface area contributed by atoms with Gasteiger partial charge in [-0.15, -0.1) is 0 Å². The van der Waals surface area contributed by atoms with Crippen molar-refractivity contribution in [2.75, 3.05) is 9.80 Å². The molecule has 47 heavy (non-hydrogen) atoms. The molecule has 5 heteroatoms. The molecule has 0 fully saturated rings. The lowest BCUT2D eigenvalue weighted by Crippen LogP contribution is -2.09. The van der Waals surface area contributed by atoms with Crippen LogP contribution in [0.3, 0.4) is 0 Å². The van der Waals surface area contributed by atoms with Crippen molar-refractivity contribution in [2.45, 2.75) is 0 Å². The van der Waals surface area contributed by atoms with E-state index in [9.17, 15) is 9.59 Å². The average molecular weight is 613 g/mol. The molecule has 228 valence electrons. The molecule has 0 aliphatic rings. The van der Waals surface area contributed by atoms with Crippen molar-refractivity contribution in [2.24, 2.45) is 0 Å². The molecule has 5 nitrogen and oxygen atoms in total. The monoisotopic (exact) mass is 612 g/mol. The van der Waals surface area contributed by atoms with Gasteiger partial charge < -0.3 is 14.5 Å². The molecule has 0 heterocycles. The summed E-state index contributed by atoms with van der Waals surface area (Å²) >= 11 is 0. The van der Waals surface area contributed by atoms with Gasteiger partial charge in [0.05, 0.1) is 0 Å². The van der Waals surface area contributed by atoms with Crippen LogP contribution in [0.1, 0.15) is 11.1 Å². The maximum Gasteiger partial charge on any atom is 0.338 e. The lowest BCUT2D eigenvalue weighted by atomic mass is 10.1. The Balaban J connectivity index is 1.07. The summed E-state index contributed by atoms with van der Waals surface area (Å²) in [6, 6.07) is 56.1. The zero-order valence-electron chi connectivity index (χ0n) is 25.6. The van der Waals surface area contributed by atoms with Crippen LogP contribution in [0.25, 0.3) is 12.2 Å². The first-order valence-corrected chi connectivity index (χ1v) is 15.3. The molecule has 6 rings (SSSR count). The van der Waals surface area contributed by atoms with Gasteiger partial charge in [0.15, 0.2) is 0 Å². The highest BCUT2D eigenvalue weighted by Gasteiger charge is 2.13. The van der Waals surface area contributed by atoms with Crippen LogP contribution in [0.15, 0.2) is 182 Å². The minimum Gasteiger partial charge on any atom is -0.387 e. The second kappa shape index (κ2) is 15.0. The molecule has 0 unspecified atom stereocenters. The minimum atomic E-state index is -0.740. The molecule has 0 N–H and O–H groups in total. The van der Waals surface area contributed by atoms with Crippen LogP contribution >= 0.6 is 0 Å². The summed E-state index contributed by atoms with van der Waals surface area (Å²) in [5, 5.41) is 0. The van der Waals surface area contributed by atoms with Crippen molar-refractivity contribution in [3.8, 4) is 0 Å². The summed E-state index contributed by atoms with van der Waals surface area (Å²) in [6.45, 7) is 0. The molecule has 0 atom stereocenters. The first-order chi connectivity index (χ1) is 23.1. The second-order valence-electron chi connectivity index (χ2n) is 10.6. The third-order valence-corrected chi connectivity index (χ3v) is 7.39. The van der Waals surface area contributed by atoms with E-state index < -0.39 is 11.9 Å². The lowest BCUT2D eigenvalue weighted by molar-refractivity contribution is -0.152. The number of para-hydroxylation sites is 4. The van der Waals surface area contributed by atoms with Crippen molar-refractivity contribution in [3.05, 3.63) is 193 Å². The van der Waals surface area contributed by atoms with Crippen LogP contribution in [-0.4, -0.2) is 11.9 Å². The molecule has 0 saturated heterocycles. The Morgan fingerprint density at radius 2 is 0.617 bits per heavy atom. The predicted molar refractivity (Wildman–Crippen MR) is 191 cm³/mol. The highest BCUT2D eigenvalue weighted by Crippen LogP contribution is 2.35. The van der Waals surface area contributed by atoms with Gasteiger partial charge in [-0.1, -0.05) is 97.1 Å². The smallest absolute Gasteiger partial charge is 0.338 e. The molecule has 0 radical (unpaired) electrons. The van der Waals surface area contributed by atoms with Crippen molar-refractivity contribution in [3.63, 3.8) is 0 Å². The van der Waals surface area contributed by atoms with E-state index in [0.29, 0.717) is 0 Å². The van der Waals surface area contributed by atoms with E-state index in [1.54, 1.807) is 12.2 Å². The van der Waals surface area contributed by atoms with Crippen LogP contribution in [0, 0.1) is 0 Å². The molecule has 0 saturated carbocycles. The Morgan fingerprint density at radius 3 is 0.894 bits per heavy atom. The summed E-state index contributed by atoms with van der Waals surface area (Å²) in [7, 11) is 0. The first kappa shape index (κ1) is 30.6. The third kappa shape index (κ3) is 7.98. The predicted octanol–water partition coefficient (Wildman–Crippen LogP) is 10.4. The van der Waals surface area contributed by atoms with Gasteiger partial charge in [-0.05, 0) is 96.1 Å². The van der Waals surface area contributed by atoms with Gasteiger partial charge in [0.1, 0.15) is 0 Å². The maximum atomic E-state index is 12.4. The Labute approximate surface area is 274 Å². The van der Waals surface area contributed by atoms with Crippen LogP contribution in [0.2, 0.25) is 0 Å². The summed E-state index contributed by atoms with van der Waals surface area (Å²) in [6.07, 6.45) is 5.76. The van der Waals surface area contributed by atoms with E-state index in [0.717, 1.165) is 45.3 Å². The normalized spacial score (nSPS) is 11.0. The summed E-state index contributed by atoms with van der Waals surface area (Å²) in [5.41, 5.74) is 7.70. The van der Waals surface area contributed by atoms with Crippen LogP contribution in [0.5, 0.6) is 0 Å². The van der Waals surface area contributed by atoms with Gasteiger partial charge in [0.2, 0.25) is 0 Å². The summed E-state index contributed by atoms with van der Waals surface area (Å²) < 4.78 is 4.98. The van der Waals surface area contributed by atoms with Gasteiger partial charge in [-0.2, -0.15) is 0 Å². The number of hydrogen-bond donors (Lipinski definition) is 0. The number of benzene rings is 6. The standard InChI is InChI=1S/C42H32N2O3/c45-41(31-25-33-21-27-39(28-22-33)43(35-13-5-1-6-14-35)36-15-7-2-8-16-36)47-42(46)32-26-34-23-29-40(30-24-34)44(37-17-9-3-10-18-37)38-19-11-4-12-20-38/h1-32H. The largest absolute Gasteiger partial charge is 0.387 e. The van der Waals surface area contributed by atoms with Crippen LogP contribution in [0.4, 0.5) is 34.1 Å². The summed E-state index contributed by atoms with van der Waals surface area (Å²) in [5.74, 6) is -1.48. The van der Waals surface area contributed by atoms with Gasteiger partial charge in [-0.25, -0.2) is 9.59 Å². The number of esters is 2. The summed E-state index contributed by atoms with van der Waals surface area (Å²) in [4.78, 5) is 29.1. The van der Waals surface area contributed by atoms with E-state index in [-0.39, 0.29) is 0 Å². The molecule has 0 amide bonds. The molecular weight excluding hydrogens is 580 g/mol. The minimum absolute atomic E-state index is 0.740. The number of ether oxygens (including phenoxy) is 1. The topological polar surface area (TPSA) is 49.9 Å². The van der Waals surface area contributed by atoms with Crippen LogP contribution in [-0.2, 0) is 14.3 Å². The quantitative estimate of drug-likeness (QED) is 0.0875. The lowest BCUT2D eigenvalue weighted by Gasteiger charge is -2.25. The van der Waals surface area contributed by atoms with E-state index in [2.05, 4.69) is 58.3 Å². The Kier molecular flexibility index (Phi) is 9.76. The molecule has 6 aromatic rings. The second-order valence-corrected chi connectivity index (χ2v) is 10.6. The van der Waals surface area contributed by atoms with Crippen molar-refractivity contribution in [1.29, 1.82) is 0 Å². The molecule has 0 aromatic heterocycles. The zero-order valence-corrected chi connectivity index (χ0v) is 25.6. The number of anilines is 6. The highest BCUT2D eigenvalue weighted by molar-refractivity contribution is 6.00. The number of carbonyl (C=O) groups excluding carboxylic acids is 2. The van der Waals surface area contributed by atoms with Crippen LogP contribution < -0.4 is 9.80 Å². The van der Waals surface area contributed by atoms with E-state index >= 15 is 0 Å². The Morgan fingerprint density at radius 1 is 0.362 bits per heavy atom. The molecular formula is C42H32N2O3. The molecule has 0 spiro atoms. The number of nitrogens with zero attached hydrogens (tertiary/aromatic N) is 2. The third-order valence-electron chi connectivity index (χ3n) is 7.39. The fourth-order valence-corrected chi connectivity index (χ4v) is 5.17. The zero-order chi connectivity index (χ0) is 32.3. The average Bonchev–Trinajstić information content (AvgIpc) is 3.13.